The zero-order valence-corrected chi connectivity index (χ0v) is 15.3. The van der Waals surface area contributed by atoms with Crippen LogP contribution < -0.4 is 10.1 Å². The molecule has 0 fully saturated rings. The molecule has 134 valence electrons. The second-order valence-electron chi connectivity index (χ2n) is 5.84. The summed E-state index contributed by atoms with van der Waals surface area (Å²) >= 11 is 1.21. The van der Waals surface area contributed by atoms with Crippen LogP contribution in [-0.4, -0.2) is 21.9 Å². The van der Waals surface area contributed by atoms with E-state index >= 15 is 0 Å². The van der Waals surface area contributed by atoms with Gasteiger partial charge in [0.05, 0.1) is 5.75 Å². The van der Waals surface area contributed by atoms with Crippen LogP contribution in [0.3, 0.4) is 0 Å². The van der Waals surface area contributed by atoms with Crippen LogP contribution in [0.5, 0.6) is 11.5 Å². The second kappa shape index (κ2) is 8.53. The van der Waals surface area contributed by atoms with Crippen molar-refractivity contribution in [2.45, 2.75) is 25.0 Å². The molecule has 6 nitrogen and oxygen atoms in total. The maximum absolute atomic E-state index is 12.0. The minimum absolute atomic E-state index is 0.143. The number of hydrogen-bond acceptors (Lipinski definition) is 6. The lowest BCUT2D eigenvalue weighted by Crippen LogP contribution is -2.13. The number of carbonyl (C=O) groups is 1. The normalized spacial score (nSPS) is 10.7. The van der Waals surface area contributed by atoms with Gasteiger partial charge in [-0.1, -0.05) is 43.8 Å². The second-order valence-corrected chi connectivity index (χ2v) is 6.76. The lowest BCUT2D eigenvalue weighted by atomic mass is 10.2. The lowest BCUT2D eigenvalue weighted by molar-refractivity contribution is -0.113. The zero-order valence-electron chi connectivity index (χ0n) is 14.5. The van der Waals surface area contributed by atoms with E-state index in [4.69, 9.17) is 9.15 Å². The number of nitrogens with one attached hydrogen (secondary N) is 1. The van der Waals surface area contributed by atoms with Gasteiger partial charge in [0, 0.05) is 11.6 Å². The van der Waals surface area contributed by atoms with Crippen molar-refractivity contribution in [1.29, 1.82) is 0 Å². The van der Waals surface area contributed by atoms with E-state index in [2.05, 4.69) is 15.5 Å². The third kappa shape index (κ3) is 5.10. The smallest absolute Gasteiger partial charge is 0.277 e. The lowest BCUT2D eigenvalue weighted by Gasteiger charge is -2.07. The molecule has 0 aliphatic heterocycles. The fourth-order valence-electron chi connectivity index (χ4n) is 2.07. The van der Waals surface area contributed by atoms with E-state index < -0.39 is 0 Å². The molecule has 0 spiro atoms. The molecule has 0 saturated carbocycles. The van der Waals surface area contributed by atoms with Gasteiger partial charge in [0.15, 0.2) is 0 Å². The summed E-state index contributed by atoms with van der Waals surface area (Å²) in [7, 11) is 0. The number of ether oxygens (including phenoxy) is 1. The highest BCUT2D eigenvalue weighted by Crippen LogP contribution is 2.23. The van der Waals surface area contributed by atoms with Gasteiger partial charge in [0.25, 0.3) is 5.22 Å². The van der Waals surface area contributed by atoms with Gasteiger partial charge in [-0.25, -0.2) is 0 Å². The van der Waals surface area contributed by atoms with Gasteiger partial charge in [0.2, 0.25) is 11.8 Å². The Bertz CT molecular complexity index is 848. The summed E-state index contributed by atoms with van der Waals surface area (Å²) in [5, 5.41) is 11.1. The first-order chi connectivity index (χ1) is 12.6. The van der Waals surface area contributed by atoms with Crippen LogP contribution in [0.15, 0.2) is 64.2 Å². The molecule has 1 heterocycles. The van der Waals surface area contributed by atoms with E-state index in [1.165, 1.54) is 11.8 Å². The number of carbonyl (C=O) groups excluding carboxylic acids is 1. The summed E-state index contributed by atoms with van der Waals surface area (Å²) in [5.41, 5.74) is 0.699. The van der Waals surface area contributed by atoms with E-state index in [1.54, 1.807) is 12.1 Å². The molecule has 0 radical (unpaired) electrons. The molecule has 26 heavy (non-hydrogen) atoms. The molecule has 0 atom stereocenters. The first-order valence-electron chi connectivity index (χ1n) is 8.19. The Hall–Kier alpha value is -2.80. The van der Waals surface area contributed by atoms with E-state index in [1.807, 2.05) is 56.3 Å². The van der Waals surface area contributed by atoms with Crippen LogP contribution in [0.4, 0.5) is 5.69 Å². The van der Waals surface area contributed by atoms with Crippen molar-refractivity contribution >= 4 is 23.4 Å². The topological polar surface area (TPSA) is 77.2 Å². The van der Waals surface area contributed by atoms with E-state index in [-0.39, 0.29) is 17.6 Å². The Balaban J connectivity index is 1.49. The van der Waals surface area contributed by atoms with Gasteiger partial charge in [0.1, 0.15) is 11.5 Å². The summed E-state index contributed by atoms with van der Waals surface area (Å²) < 4.78 is 11.2. The fraction of sp³-hybridized carbons (Fsp3) is 0.211. The number of rotatable bonds is 7. The van der Waals surface area contributed by atoms with Crippen molar-refractivity contribution < 1.29 is 13.9 Å². The average Bonchev–Trinajstić information content (AvgIpc) is 3.12. The Morgan fingerprint density at radius 1 is 1.08 bits per heavy atom. The van der Waals surface area contributed by atoms with E-state index in [9.17, 15) is 4.79 Å². The SMILES string of the molecule is CC(C)c1nnc(SCC(=O)Nc2ccc(Oc3ccccc3)cc2)o1. The van der Waals surface area contributed by atoms with Crippen molar-refractivity contribution in [2.24, 2.45) is 0 Å². The number of aromatic nitrogens is 2. The molecule has 2 aromatic carbocycles. The van der Waals surface area contributed by atoms with Gasteiger partial charge in [-0.3, -0.25) is 4.79 Å². The van der Waals surface area contributed by atoms with Crippen LogP contribution >= 0.6 is 11.8 Å². The molecule has 0 aliphatic rings. The maximum atomic E-state index is 12.0. The summed E-state index contributed by atoms with van der Waals surface area (Å²) in [4.78, 5) is 12.0. The first kappa shape index (κ1) is 18.0. The third-order valence-corrected chi connectivity index (χ3v) is 4.18. The summed E-state index contributed by atoms with van der Waals surface area (Å²) in [6.45, 7) is 3.94. The number of anilines is 1. The van der Waals surface area contributed by atoms with Gasteiger partial charge in [-0.2, -0.15) is 0 Å². The van der Waals surface area contributed by atoms with Gasteiger partial charge < -0.3 is 14.5 Å². The van der Waals surface area contributed by atoms with Crippen molar-refractivity contribution in [1.82, 2.24) is 10.2 Å². The van der Waals surface area contributed by atoms with Crippen molar-refractivity contribution in [3.8, 4) is 11.5 Å². The highest BCUT2D eigenvalue weighted by Gasteiger charge is 2.12. The Morgan fingerprint density at radius 3 is 2.42 bits per heavy atom. The predicted octanol–water partition coefficient (Wildman–Crippen LogP) is 4.72. The predicted molar refractivity (Wildman–Crippen MR) is 101 cm³/mol. The number of thioether (sulfide) groups is 1. The average molecular weight is 369 g/mol. The number of benzene rings is 2. The molecular weight excluding hydrogens is 350 g/mol. The Kier molecular flexibility index (Phi) is 5.91. The van der Waals surface area contributed by atoms with Crippen LogP contribution in [0, 0.1) is 0 Å². The van der Waals surface area contributed by atoms with Crippen molar-refractivity contribution in [2.75, 3.05) is 11.1 Å². The van der Waals surface area contributed by atoms with Gasteiger partial charge >= 0.3 is 0 Å². The fourth-order valence-corrected chi connectivity index (χ4v) is 2.64. The van der Waals surface area contributed by atoms with Gasteiger partial charge in [-0.05, 0) is 36.4 Å². The zero-order chi connectivity index (χ0) is 18.4. The Morgan fingerprint density at radius 2 is 1.77 bits per heavy atom. The monoisotopic (exact) mass is 369 g/mol. The standard InChI is InChI=1S/C19H19N3O3S/c1-13(2)18-21-22-19(25-18)26-12-17(23)20-14-8-10-16(11-9-14)24-15-6-4-3-5-7-15/h3-11,13H,12H2,1-2H3,(H,20,23). The minimum Gasteiger partial charge on any atom is -0.457 e. The number of hydrogen-bond donors (Lipinski definition) is 1. The molecule has 0 bridgehead atoms. The molecule has 0 unspecified atom stereocenters. The molecule has 3 aromatic rings. The molecule has 1 N–H and O–H groups in total. The Labute approximate surface area is 156 Å². The van der Waals surface area contributed by atoms with E-state index in [0.29, 0.717) is 22.6 Å². The molecule has 7 heteroatoms. The summed E-state index contributed by atoms with van der Waals surface area (Å²) in [6.07, 6.45) is 0. The van der Waals surface area contributed by atoms with Crippen molar-refractivity contribution in [3.63, 3.8) is 0 Å². The molecular formula is C19H19N3O3S. The quantitative estimate of drug-likeness (QED) is 0.608. The maximum Gasteiger partial charge on any atom is 0.277 e. The minimum atomic E-state index is -0.143. The van der Waals surface area contributed by atoms with E-state index in [0.717, 1.165) is 5.75 Å². The largest absolute Gasteiger partial charge is 0.457 e. The van der Waals surface area contributed by atoms with Gasteiger partial charge in [-0.15, -0.1) is 10.2 Å². The molecule has 3 rings (SSSR count). The number of para-hydroxylation sites is 1. The summed E-state index contributed by atoms with van der Waals surface area (Å²) in [6, 6.07) is 16.7. The summed E-state index contributed by atoms with van der Waals surface area (Å²) in [5.74, 6) is 2.26. The highest BCUT2D eigenvalue weighted by atomic mass is 32.2. The number of amides is 1. The molecule has 0 aliphatic carbocycles. The van der Waals surface area contributed by atoms with Crippen LogP contribution in [-0.2, 0) is 4.79 Å². The molecule has 1 amide bonds. The number of nitrogens with zero attached hydrogens (tertiary/aromatic N) is 2. The highest BCUT2D eigenvalue weighted by molar-refractivity contribution is 7.99. The van der Waals surface area contributed by atoms with Crippen LogP contribution in [0.25, 0.3) is 0 Å². The third-order valence-electron chi connectivity index (χ3n) is 3.36. The molecule has 0 saturated heterocycles. The van der Waals surface area contributed by atoms with Crippen LogP contribution in [0.2, 0.25) is 0 Å². The first-order valence-corrected chi connectivity index (χ1v) is 9.18. The van der Waals surface area contributed by atoms with Crippen molar-refractivity contribution in [3.05, 3.63) is 60.5 Å². The molecule has 1 aromatic heterocycles. The van der Waals surface area contributed by atoms with Crippen LogP contribution in [0.1, 0.15) is 25.7 Å².